The van der Waals surface area contributed by atoms with Crippen LogP contribution in [-0.4, -0.2) is 57.0 Å². The molecular weight excluding hydrogens is 484 g/mol. The van der Waals surface area contributed by atoms with E-state index in [4.69, 9.17) is 14.7 Å². The predicted molar refractivity (Wildman–Crippen MR) is 129 cm³/mol. The number of nitrogens with zero attached hydrogens (tertiary/aromatic N) is 2. The SMILES string of the molecule is CCOC(=O)c1c(C[NH+]2CC[NH+](CC#N)CC2)n(-c2ccccc2)c2cc(Br)c(OC)cc12. The highest BCUT2D eigenvalue weighted by molar-refractivity contribution is 9.10. The first kappa shape index (κ1) is 23.3. The first-order chi connectivity index (χ1) is 16.1. The third kappa shape index (κ3) is 4.76. The van der Waals surface area contributed by atoms with Gasteiger partial charge in [-0.15, -0.1) is 0 Å². The Morgan fingerprint density at radius 1 is 1.15 bits per heavy atom. The Morgan fingerprint density at radius 2 is 1.85 bits per heavy atom. The fraction of sp³-hybridized carbons (Fsp3) is 0.360. The molecule has 2 N–H and O–H groups in total. The van der Waals surface area contributed by atoms with Crippen LogP contribution < -0.4 is 14.5 Å². The number of aromatic nitrogens is 1. The van der Waals surface area contributed by atoms with E-state index in [1.54, 1.807) is 7.11 Å². The molecule has 0 saturated carbocycles. The number of para-hydroxylation sites is 1. The number of hydrogen-bond acceptors (Lipinski definition) is 4. The number of rotatable bonds is 7. The van der Waals surface area contributed by atoms with Gasteiger partial charge in [-0.2, -0.15) is 5.26 Å². The van der Waals surface area contributed by atoms with Crippen molar-refractivity contribution in [3.63, 3.8) is 0 Å². The zero-order valence-electron chi connectivity index (χ0n) is 19.0. The van der Waals surface area contributed by atoms with Crippen molar-refractivity contribution in [2.75, 3.05) is 46.4 Å². The largest absolute Gasteiger partial charge is 0.496 e. The number of esters is 1. The Bertz CT molecular complexity index is 1180. The number of hydrogen-bond donors (Lipinski definition) is 2. The normalized spacial score (nSPS) is 18.1. The summed E-state index contributed by atoms with van der Waals surface area (Å²) in [5.41, 5.74) is 3.47. The van der Waals surface area contributed by atoms with E-state index < -0.39 is 0 Å². The molecule has 1 saturated heterocycles. The number of piperazine rings is 1. The van der Waals surface area contributed by atoms with Crippen molar-refractivity contribution >= 4 is 32.8 Å². The predicted octanol–water partition coefficient (Wildman–Crippen LogP) is 1.39. The van der Waals surface area contributed by atoms with Crippen LogP contribution in [0.15, 0.2) is 46.9 Å². The lowest BCUT2D eigenvalue weighted by atomic mass is 10.1. The van der Waals surface area contributed by atoms with Crippen molar-refractivity contribution in [1.82, 2.24) is 4.57 Å². The number of methoxy groups -OCH3 is 1. The molecule has 0 atom stereocenters. The van der Waals surface area contributed by atoms with Gasteiger partial charge in [-0.1, -0.05) is 18.2 Å². The van der Waals surface area contributed by atoms with E-state index in [1.165, 1.54) is 9.80 Å². The van der Waals surface area contributed by atoms with Crippen LogP contribution in [0.25, 0.3) is 16.6 Å². The van der Waals surface area contributed by atoms with Gasteiger partial charge in [0.05, 0.1) is 35.0 Å². The highest BCUT2D eigenvalue weighted by Gasteiger charge is 2.30. The third-order valence-corrected chi connectivity index (χ3v) is 6.86. The summed E-state index contributed by atoms with van der Waals surface area (Å²) in [6.45, 7) is 7.16. The summed E-state index contributed by atoms with van der Waals surface area (Å²) in [5.74, 6) is 0.357. The van der Waals surface area contributed by atoms with Gasteiger partial charge in [-0.3, -0.25) is 0 Å². The van der Waals surface area contributed by atoms with Crippen LogP contribution in [0.5, 0.6) is 5.75 Å². The van der Waals surface area contributed by atoms with Crippen molar-refractivity contribution in [2.45, 2.75) is 13.5 Å². The molecule has 4 rings (SSSR count). The maximum absolute atomic E-state index is 13.3. The standard InChI is InChI=1S/C25H27BrN4O3/c1-3-33-25(31)24-19-15-23(32-2)20(26)16-21(19)30(18-7-5-4-6-8-18)22(24)17-29-13-11-28(10-9-27)12-14-29/h4-8,15-16H,3,10-14,17H2,1-2H3/p+2. The molecule has 0 unspecified atom stereocenters. The summed E-state index contributed by atoms with van der Waals surface area (Å²) in [6, 6.07) is 16.3. The van der Waals surface area contributed by atoms with E-state index in [2.05, 4.69) is 38.7 Å². The number of quaternary nitrogens is 2. The topological polar surface area (TPSA) is 73.1 Å². The van der Waals surface area contributed by atoms with Gasteiger partial charge in [0.2, 0.25) is 0 Å². The molecular formula is C25H29BrN4O3+2. The fourth-order valence-electron chi connectivity index (χ4n) is 4.63. The van der Waals surface area contributed by atoms with Gasteiger partial charge in [0, 0.05) is 11.1 Å². The molecule has 3 aromatic rings. The molecule has 2 heterocycles. The number of benzene rings is 2. The maximum atomic E-state index is 13.3. The molecule has 33 heavy (non-hydrogen) atoms. The van der Waals surface area contributed by atoms with Crippen molar-refractivity contribution in [2.24, 2.45) is 0 Å². The summed E-state index contributed by atoms with van der Waals surface area (Å²) in [7, 11) is 1.62. The first-order valence-corrected chi connectivity index (χ1v) is 12.0. The fourth-order valence-corrected chi connectivity index (χ4v) is 5.12. The minimum Gasteiger partial charge on any atom is -0.496 e. The molecule has 1 aliphatic heterocycles. The monoisotopic (exact) mass is 512 g/mol. The van der Waals surface area contributed by atoms with Gasteiger partial charge >= 0.3 is 5.97 Å². The quantitative estimate of drug-likeness (QED) is 0.370. The second-order valence-corrected chi connectivity index (χ2v) is 9.08. The van der Waals surface area contributed by atoms with Gasteiger partial charge < -0.3 is 23.8 Å². The van der Waals surface area contributed by atoms with Gasteiger partial charge in [-0.05, 0) is 47.1 Å². The van der Waals surface area contributed by atoms with Crippen LogP contribution >= 0.6 is 15.9 Å². The molecule has 1 fully saturated rings. The number of halogens is 1. The zero-order chi connectivity index (χ0) is 23.4. The van der Waals surface area contributed by atoms with Crippen LogP contribution in [0.1, 0.15) is 23.0 Å². The van der Waals surface area contributed by atoms with Crippen molar-refractivity contribution in [3.8, 4) is 17.5 Å². The van der Waals surface area contributed by atoms with E-state index in [-0.39, 0.29) is 5.97 Å². The Kier molecular flexibility index (Phi) is 7.33. The Hall–Kier alpha value is -2.86. The zero-order valence-corrected chi connectivity index (χ0v) is 20.6. The maximum Gasteiger partial charge on any atom is 0.340 e. The van der Waals surface area contributed by atoms with Crippen LogP contribution in [0, 0.1) is 11.3 Å². The van der Waals surface area contributed by atoms with E-state index in [1.807, 2.05) is 37.3 Å². The number of nitriles is 1. The molecule has 0 spiro atoms. The Balaban J connectivity index is 1.88. The minimum absolute atomic E-state index is 0.312. The lowest BCUT2D eigenvalue weighted by molar-refractivity contribution is -1.02. The molecule has 0 bridgehead atoms. The van der Waals surface area contributed by atoms with Crippen molar-refractivity contribution in [3.05, 3.63) is 58.2 Å². The van der Waals surface area contributed by atoms with Crippen LogP contribution in [0.4, 0.5) is 0 Å². The van der Waals surface area contributed by atoms with Crippen LogP contribution in [0.3, 0.4) is 0 Å². The summed E-state index contributed by atoms with van der Waals surface area (Å²) in [5, 5.41) is 9.85. The second-order valence-electron chi connectivity index (χ2n) is 8.23. The smallest absolute Gasteiger partial charge is 0.340 e. The number of fused-ring (bicyclic) bond motifs is 1. The molecule has 0 radical (unpaired) electrons. The molecule has 0 aliphatic carbocycles. The number of ether oxygens (including phenoxy) is 2. The van der Waals surface area contributed by atoms with E-state index in [0.717, 1.165) is 52.9 Å². The average Bonchev–Trinajstić information content (AvgIpc) is 3.13. The van der Waals surface area contributed by atoms with Crippen molar-refractivity contribution < 1.29 is 24.1 Å². The first-order valence-electron chi connectivity index (χ1n) is 11.2. The van der Waals surface area contributed by atoms with E-state index in [0.29, 0.717) is 31.0 Å². The van der Waals surface area contributed by atoms with E-state index in [9.17, 15) is 4.79 Å². The molecule has 8 heteroatoms. The average molecular weight is 513 g/mol. The lowest BCUT2D eigenvalue weighted by Gasteiger charge is -2.28. The summed E-state index contributed by atoms with van der Waals surface area (Å²) in [6.07, 6.45) is 0. The number of carbonyl (C=O) groups excluding carboxylic acids is 1. The molecule has 7 nitrogen and oxygen atoms in total. The van der Waals surface area contributed by atoms with Gasteiger partial charge in [0.1, 0.15) is 44.5 Å². The highest BCUT2D eigenvalue weighted by atomic mass is 79.9. The lowest BCUT2D eigenvalue weighted by Crippen LogP contribution is -3.27. The summed E-state index contributed by atoms with van der Waals surface area (Å²) in [4.78, 5) is 16.0. The molecule has 1 aliphatic rings. The molecule has 1 aromatic heterocycles. The summed E-state index contributed by atoms with van der Waals surface area (Å²) >= 11 is 3.62. The number of carbonyl (C=O) groups is 1. The molecule has 172 valence electrons. The van der Waals surface area contributed by atoms with Crippen molar-refractivity contribution in [1.29, 1.82) is 5.26 Å². The number of nitrogens with one attached hydrogen (secondary N) is 2. The van der Waals surface area contributed by atoms with Gasteiger partial charge in [0.15, 0.2) is 6.54 Å². The minimum atomic E-state index is -0.315. The molecule has 0 amide bonds. The van der Waals surface area contributed by atoms with Crippen LogP contribution in [0.2, 0.25) is 0 Å². The summed E-state index contributed by atoms with van der Waals surface area (Å²) < 4.78 is 14.1. The Morgan fingerprint density at radius 3 is 2.48 bits per heavy atom. The Labute approximate surface area is 202 Å². The second kappa shape index (κ2) is 10.4. The van der Waals surface area contributed by atoms with Gasteiger partial charge in [0.25, 0.3) is 0 Å². The highest BCUT2D eigenvalue weighted by Crippen LogP contribution is 2.37. The third-order valence-electron chi connectivity index (χ3n) is 6.24. The molecule has 2 aromatic carbocycles. The van der Waals surface area contributed by atoms with E-state index >= 15 is 0 Å². The van der Waals surface area contributed by atoms with Crippen LogP contribution in [-0.2, 0) is 11.3 Å². The van der Waals surface area contributed by atoms with Gasteiger partial charge in [-0.25, -0.2) is 4.79 Å².